The number of carbonyl (C=O) groups is 6. The molecule has 0 aliphatic carbocycles. The number of aromatic amines is 1. The van der Waals surface area contributed by atoms with Gasteiger partial charge in [0.2, 0.25) is 35.4 Å². The summed E-state index contributed by atoms with van der Waals surface area (Å²) in [6.45, 7) is 1.15. The average Bonchev–Trinajstić information content (AvgIpc) is 3.70. The molecule has 13 N–H and O–H groups in total. The SMILES string of the molecule is C[C@@H](O)[C@H]1NC(=O)C(CCCCN)NC(=O)[C@@H](Cc2c[nH]c3ccccc23)NC(=O)[C@H](Cc2ccccc2)NC(=O)[C@@H](NC(=O)[C@H](N)Cc2ccccc2)CSSC[C@@H](CO)NC1=O. The summed E-state index contributed by atoms with van der Waals surface area (Å²) in [5.41, 5.74) is 15.1. The number of hydrogen-bond donors (Lipinski definition) is 11. The van der Waals surface area contributed by atoms with Crippen molar-refractivity contribution in [2.45, 2.75) is 93.8 Å². The Hall–Kier alpha value is -5.44. The van der Waals surface area contributed by atoms with Gasteiger partial charge in [0.1, 0.15) is 30.2 Å². The number of amides is 6. The molecule has 1 fully saturated rings. The van der Waals surface area contributed by atoms with Gasteiger partial charge in [0, 0.05) is 41.4 Å². The van der Waals surface area contributed by atoms with Crippen molar-refractivity contribution in [3.05, 3.63) is 108 Å². The maximum absolute atomic E-state index is 14.6. The fourth-order valence-corrected chi connectivity index (χ4v) is 9.52. The molecule has 0 bridgehead atoms. The van der Waals surface area contributed by atoms with Crippen molar-refractivity contribution in [1.82, 2.24) is 36.9 Å². The molecule has 344 valence electrons. The molecule has 64 heavy (non-hydrogen) atoms. The van der Waals surface area contributed by atoms with E-state index < -0.39 is 90.4 Å². The van der Waals surface area contributed by atoms with Crippen molar-refractivity contribution in [3.8, 4) is 0 Å². The minimum Gasteiger partial charge on any atom is -0.394 e. The van der Waals surface area contributed by atoms with Crippen molar-refractivity contribution >= 4 is 67.9 Å². The minimum atomic E-state index is -1.47. The standard InChI is InChI=1S/C45H59N9O8S2/c1-27(56)39-45(62)49-31(24-55)25-63-64-26-38(53-40(57)33(47)20-28-12-4-2-5-13-28)44(61)51-36(21-29-14-6-3-7-15-29)42(59)52-37(22-30-23-48-34-17-9-8-16-32(30)34)43(60)50-35(41(58)54-39)18-10-11-19-46/h2-9,12-17,23,27,31,33,35-39,48,55-56H,10-11,18-22,24-26,46-47H2,1H3,(H,49,62)(H,50,60)(H,51,61)(H,52,59)(H,53,57)(H,54,58)/t27-,31-,33-,35?,36+,37-,38+,39-/m1/s1. The van der Waals surface area contributed by atoms with Crippen molar-refractivity contribution in [3.63, 3.8) is 0 Å². The van der Waals surface area contributed by atoms with Gasteiger partial charge >= 0.3 is 0 Å². The van der Waals surface area contributed by atoms with E-state index in [9.17, 15) is 39.0 Å². The minimum absolute atomic E-state index is 0.0125. The zero-order valence-electron chi connectivity index (χ0n) is 35.7. The first-order valence-corrected chi connectivity index (χ1v) is 23.8. The Kier molecular flexibility index (Phi) is 19.5. The first-order chi connectivity index (χ1) is 30.9. The van der Waals surface area contributed by atoms with Crippen LogP contribution in [0.25, 0.3) is 10.9 Å². The Bertz CT molecular complexity index is 2160. The quantitative estimate of drug-likeness (QED) is 0.0604. The summed E-state index contributed by atoms with van der Waals surface area (Å²) < 4.78 is 0. The molecule has 1 saturated heterocycles. The third-order valence-electron chi connectivity index (χ3n) is 10.7. The molecular formula is C45H59N9O8S2. The van der Waals surface area contributed by atoms with Crippen LogP contribution in [0, 0.1) is 0 Å². The summed E-state index contributed by atoms with van der Waals surface area (Å²) >= 11 is 0. The Labute approximate surface area is 380 Å². The molecule has 5 rings (SSSR count). The summed E-state index contributed by atoms with van der Waals surface area (Å²) in [5.74, 6) is -4.16. The third-order valence-corrected chi connectivity index (χ3v) is 13.2. The topological polar surface area (TPSA) is 283 Å². The van der Waals surface area contributed by atoms with E-state index in [2.05, 4.69) is 36.9 Å². The van der Waals surface area contributed by atoms with Gasteiger partial charge in [-0.15, -0.1) is 0 Å². The number of benzene rings is 3. The lowest BCUT2D eigenvalue weighted by Crippen LogP contribution is -2.61. The number of fused-ring (bicyclic) bond motifs is 1. The fraction of sp³-hybridized carbons (Fsp3) is 0.422. The van der Waals surface area contributed by atoms with Gasteiger partial charge in [-0.2, -0.15) is 0 Å². The van der Waals surface area contributed by atoms with Gasteiger partial charge in [-0.25, -0.2) is 0 Å². The molecule has 2 heterocycles. The molecule has 0 saturated carbocycles. The Morgan fingerprint density at radius 3 is 2.00 bits per heavy atom. The third kappa shape index (κ3) is 14.8. The molecule has 0 spiro atoms. The maximum Gasteiger partial charge on any atom is 0.245 e. The summed E-state index contributed by atoms with van der Waals surface area (Å²) in [6, 6.07) is 17.3. The van der Waals surface area contributed by atoms with E-state index in [0.717, 1.165) is 16.5 Å². The van der Waals surface area contributed by atoms with Gasteiger partial charge < -0.3 is 58.6 Å². The highest BCUT2D eigenvalue weighted by atomic mass is 33.1. The van der Waals surface area contributed by atoms with Crippen LogP contribution in [0.5, 0.6) is 0 Å². The van der Waals surface area contributed by atoms with E-state index in [4.69, 9.17) is 11.5 Å². The molecule has 3 aromatic carbocycles. The number of H-pyrrole nitrogens is 1. The van der Waals surface area contributed by atoms with Gasteiger partial charge in [0.25, 0.3) is 0 Å². The molecule has 19 heteroatoms. The lowest BCUT2D eigenvalue weighted by molar-refractivity contribution is -0.136. The highest BCUT2D eigenvalue weighted by Crippen LogP contribution is 2.24. The number of aliphatic hydroxyl groups is 2. The van der Waals surface area contributed by atoms with Crippen LogP contribution in [-0.2, 0) is 48.0 Å². The monoisotopic (exact) mass is 917 g/mol. The van der Waals surface area contributed by atoms with E-state index in [0.29, 0.717) is 30.5 Å². The molecule has 1 unspecified atom stereocenters. The number of carbonyl (C=O) groups excluding carboxylic acids is 6. The zero-order chi connectivity index (χ0) is 46.0. The first-order valence-electron chi connectivity index (χ1n) is 21.3. The summed E-state index contributed by atoms with van der Waals surface area (Å²) in [5, 5.41) is 38.2. The molecule has 1 aliphatic rings. The van der Waals surface area contributed by atoms with E-state index in [1.807, 2.05) is 60.7 Å². The maximum atomic E-state index is 14.6. The van der Waals surface area contributed by atoms with E-state index in [-0.39, 0.29) is 37.2 Å². The number of unbranched alkanes of at least 4 members (excludes halogenated alkanes) is 1. The van der Waals surface area contributed by atoms with Crippen LogP contribution in [-0.4, -0.2) is 124 Å². The number of aromatic nitrogens is 1. The molecule has 0 radical (unpaired) electrons. The van der Waals surface area contributed by atoms with Crippen LogP contribution in [0.1, 0.15) is 42.9 Å². The van der Waals surface area contributed by atoms with Gasteiger partial charge in [0.15, 0.2) is 0 Å². The van der Waals surface area contributed by atoms with Crippen molar-refractivity contribution < 1.29 is 39.0 Å². The summed E-state index contributed by atoms with van der Waals surface area (Å²) in [7, 11) is 2.37. The first kappa shape index (κ1) is 49.6. The predicted octanol–water partition coefficient (Wildman–Crippen LogP) is 0.329. The lowest BCUT2D eigenvalue weighted by atomic mass is 10.0. The highest BCUT2D eigenvalue weighted by Gasteiger charge is 2.35. The number of nitrogens with two attached hydrogens (primary N) is 2. The van der Waals surface area contributed by atoms with Crippen LogP contribution in [0.3, 0.4) is 0 Å². The largest absolute Gasteiger partial charge is 0.394 e. The second-order valence-electron chi connectivity index (χ2n) is 15.8. The van der Waals surface area contributed by atoms with E-state index in [1.54, 1.807) is 30.5 Å². The lowest BCUT2D eigenvalue weighted by Gasteiger charge is -2.29. The predicted molar refractivity (Wildman–Crippen MR) is 248 cm³/mol. The van der Waals surface area contributed by atoms with Crippen molar-refractivity contribution in [2.75, 3.05) is 24.7 Å². The van der Waals surface area contributed by atoms with Crippen molar-refractivity contribution in [2.24, 2.45) is 11.5 Å². The molecule has 8 atom stereocenters. The van der Waals surface area contributed by atoms with E-state index >= 15 is 0 Å². The number of nitrogens with one attached hydrogen (secondary N) is 7. The van der Waals surface area contributed by atoms with Crippen LogP contribution in [0.4, 0.5) is 0 Å². The number of rotatable bonds is 14. The normalized spacial score (nSPS) is 23.1. The molecule has 17 nitrogen and oxygen atoms in total. The number of aliphatic hydroxyl groups excluding tert-OH is 2. The fourth-order valence-electron chi connectivity index (χ4n) is 7.13. The smallest absolute Gasteiger partial charge is 0.245 e. The molecular weight excluding hydrogens is 859 g/mol. The average molecular weight is 918 g/mol. The Morgan fingerprint density at radius 1 is 0.734 bits per heavy atom. The van der Waals surface area contributed by atoms with Gasteiger partial charge in [0.05, 0.1) is 24.8 Å². The Morgan fingerprint density at radius 2 is 1.33 bits per heavy atom. The molecule has 1 aromatic heterocycles. The zero-order valence-corrected chi connectivity index (χ0v) is 37.3. The number of hydrogen-bond acceptors (Lipinski definition) is 12. The summed E-state index contributed by atoms with van der Waals surface area (Å²) in [4.78, 5) is 87.7. The summed E-state index contributed by atoms with van der Waals surface area (Å²) in [6.07, 6.45) is 1.57. The molecule has 6 amide bonds. The van der Waals surface area contributed by atoms with Crippen LogP contribution < -0.4 is 43.4 Å². The molecule has 4 aromatic rings. The highest BCUT2D eigenvalue weighted by molar-refractivity contribution is 8.76. The van der Waals surface area contributed by atoms with E-state index in [1.165, 1.54) is 28.5 Å². The van der Waals surface area contributed by atoms with Crippen molar-refractivity contribution in [1.29, 1.82) is 0 Å². The number of para-hydroxylation sites is 1. The second kappa shape index (κ2) is 25.2. The van der Waals surface area contributed by atoms with Crippen LogP contribution in [0.2, 0.25) is 0 Å². The Balaban J connectivity index is 1.52. The van der Waals surface area contributed by atoms with Crippen LogP contribution in [0.15, 0.2) is 91.1 Å². The van der Waals surface area contributed by atoms with Crippen LogP contribution >= 0.6 is 21.6 Å². The second-order valence-corrected chi connectivity index (χ2v) is 18.3. The van der Waals surface area contributed by atoms with Gasteiger partial charge in [-0.3, -0.25) is 28.8 Å². The van der Waals surface area contributed by atoms with Gasteiger partial charge in [-0.1, -0.05) is 100 Å². The van der Waals surface area contributed by atoms with Gasteiger partial charge in [-0.05, 0) is 61.9 Å². The molecule has 1 aliphatic heterocycles.